The number of nitrogens with zero attached hydrogens (tertiary/aromatic N) is 5. The summed E-state index contributed by atoms with van der Waals surface area (Å²) in [5.74, 6) is 0.684. The lowest BCUT2D eigenvalue weighted by atomic mass is 10.1. The molecule has 0 saturated heterocycles. The number of para-hydroxylation sites is 1. The summed E-state index contributed by atoms with van der Waals surface area (Å²) in [6.45, 7) is 4.82. The van der Waals surface area contributed by atoms with Crippen LogP contribution in [0.5, 0.6) is 0 Å². The van der Waals surface area contributed by atoms with E-state index in [4.69, 9.17) is 0 Å². The predicted molar refractivity (Wildman–Crippen MR) is 115 cm³/mol. The van der Waals surface area contributed by atoms with Crippen LogP contribution in [-0.2, 0) is 12.4 Å². The summed E-state index contributed by atoms with van der Waals surface area (Å²) in [5.41, 5.74) is 0.949. The zero-order chi connectivity index (χ0) is 20.4. The smallest absolute Gasteiger partial charge is 0.278 e. The molecule has 0 saturated carbocycles. The van der Waals surface area contributed by atoms with Gasteiger partial charge in [0.2, 0.25) is 0 Å². The summed E-state index contributed by atoms with van der Waals surface area (Å²) in [4.78, 5) is 30.4. The molecule has 0 atom stereocenters. The maximum atomic E-state index is 13.0. The standard InChI is InChI=1S/C21H21N5O2S/c1-14(2)11-12-25-19(27)15-7-3-5-9-17(15)22-21(25)29-13-26-20(28)16-8-4-6-10-18(16)23-24-26/h3-10,14H,11-13H2,1-2H3. The van der Waals surface area contributed by atoms with Gasteiger partial charge in [-0.25, -0.2) is 4.98 Å². The fourth-order valence-corrected chi connectivity index (χ4v) is 3.97. The highest BCUT2D eigenvalue weighted by molar-refractivity contribution is 7.98. The lowest BCUT2D eigenvalue weighted by Gasteiger charge is -2.14. The Kier molecular flexibility index (Phi) is 5.44. The van der Waals surface area contributed by atoms with E-state index in [1.807, 2.05) is 24.3 Å². The molecule has 0 aliphatic heterocycles. The van der Waals surface area contributed by atoms with E-state index in [-0.39, 0.29) is 17.0 Å². The van der Waals surface area contributed by atoms with Crippen LogP contribution in [0.15, 0.2) is 63.3 Å². The maximum absolute atomic E-state index is 13.0. The third-order valence-corrected chi connectivity index (χ3v) is 5.65. The van der Waals surface area contributed by atoms with Crippen LogP contribution in [0.3, 0.4) is 0 Å². The van der Waals surface area contributed by atoms with Gasteiger partial charge < -0.3 is 0 Å². The fraction of sp³-hybridized carbons (Fsp3) is 0.286. The Labute approximate surface area is 171 Å². The van der Waals surface area contributed by atoms with E-state index in [9.17, 15) is 9.59 Å². The molecular formula is C21H21N5O2S. The molecule has 0 N–H and O–H groups in total. The normalized spacial score (nSPS) is 11.6. The minimum Gasteiger partial charge on any atom is -0.287 e. The van der Waals surface area contributed by atoms with E-state index < -0.39 is 0 Å². The first kappa shape index (κ1) is 19.3. The van der Waals surface area contributed by atoms with Crippen molar-refractivity contribution in [2.45, 2.75) is 37.8 Å². The van der Waals surface area contributed by atoms with Crippen LogP contribution in [0.4, 0.5) is 0 Å². The molecule has 0 bridgehead atoms. The summed E-state index contributed by atoms with van der Waals surface area (Å²) in [5, 5.41) is 9.84. The van der Waals surface area contributed by atoms with Gasteiger partial charge in [0.15, 0.2) is 5.16 Å². The highest BCUT2D eigenvalue weighted by Gasteiger charge is 2.13. The van der Waals surface area contributed by atoms with E-state index in [2.05, 4.69) is 29.1 Å². The first-order valence-electron chi connectivity index (χ1n) is 9.49. The Morgan fingerprint density at radius 2 is 1.59 bits per heavy atom. The van der Waals surface area contributed by atoms with Gasteiger partial charge in [0.25, 0.3) is 11.1 Å². The number of hydrogen-bond acceptors (Lipinski definition) is 6. The zero-order valence-electron chi connectivity index (χ0n) is 16.3. The Morgan fingerprint density at radius 3 is 2.31 bits per heavy atom. The molecule has 29 heavy (non-hydrogen) atoms. The van der Waals surface area contributed by atoms with E-state index in [1.165, 1.54) is 16.4 Å². The number of fused-ring (bicyclic) bond motifs is 2. The molecule has 8 heteroatoms. The van der Waals surface area contributed by atoms with Crippen molar-refractivity contribution in [2.24, 2.45) is 5.92 Å². The lowest BCUT2D eigenvalue weighted by Crippen LogP contribution is -2.26. The van der Waals surface area contributed by atoms with Crippen LogP contribution >= 0.6 is 11.8 Å². The van der Waals surface area contributed by atoms with Crippen LogP contribution in [-0.4, -0.2) is 24.5 Å². The molecule has 0 fully saturated rings. The Morgan fingerprint density at radius 1 is 0.931 bits per heavy atom. The van der Waals surface area contributed by atoms with E-state index in [0.29, 0.717) is 39.4 Å². The second kappa shape index (κ2) is 8.16. The third-order valence-electron chi connectivity index (χ3n) is 4.70. The highest BCUT2D eigenvalue weighted by atomic mass is 32.2. The van der Waals surface area contributed by atoms with Crippen molar-refractivity contribution < 1.29 is 0 Å². The lowest BCUT2D eigenvalue weighted by molar-refractivity contribution is 0.480. The van der Waals surface area contributed by atoms with Crippen molar-refractivity contribution in [2.75, 3.05) is 0 Å². The molecule has 0 aliphatic carbocycles. The molecule has 0 radical (unpaired) electrons. The van der Waals surface area contributed by atoms with Crippen molar-refractivity contribution in [3.05, 3.63) is 69.2 Å². The summed E-state index contributed by atoms with van der Waals surface area (Å²) in [6.07, 6.45) is 0.864. The minimum atomic E-state index is -0.208. The van der Waals surface area contributed by atoms with Crippen LogP contribution in [0.2, 0.25) is 0 Å². The summed E-state index contributed by atoms with van der Waals surface area (Å²) in [7, 11) is 0. The van der Waals surface area contributed by atoms with Crippen LogP contribution < -0.4 is 11.1 Å². The molecule has 0 aliphatic rings. The molecule has 7 nitrogen and oxygen atoms in total. The van der Waals surface area contributed by atoms with E-state index in [1.54, 1.807) is 28.8 Å². The second-order valence-electron chi connectivity index (χ2n) is 7.24. The second-order valence-corrected chi connectivity index (χ2v) is 8.15. The maximum Gasteiger partial charge on any atom is 0.278 e. The number of thioether (sulfide) groups is 1. The molecule has 148 valence electrons. The van der Waals surface area contributed by atoms with Gasteiger partial charge in [0.05, 0.1) is 22.2 Å². The Balaban J connectivity index is 1.71. The topological polar surface area (TPSA) is 82.7 Å². The number of aromatic nitrogens is 5. The van der Waals surface area contributed by atoms with Gasteiger partial charge >= 0.3 is 0 Å². The highest BCUT2D eigenvalue weighted by Crippen LogP contribution is 2.20. The number of hydrogen-bond donors (Lipinski definition) is 0. The van der Waals surface area contributed by atoms with Crippen molar-refractivity contribution in [3.63, 3.8) is 0 Å². The monoisotopic (exact) mass is 407 g/mol. The summed E-state index contributed by atoms with van der Waals surface area (Å²) >= 11 is 1.32. The number of benzene rings is 2. The average Bonchev–Trinajstić information content (AvgIpc) is 2.73. The SMILES string of the molecule is CC(C)CCn1c(SCn2nnc3ccccc3c2=O)nc2ccccc2c1=O. The van der Waals surface area contributed by atoms with Crippen molar-refractivity contribution in [1.29, 1.82) is 0 Å². The van der Waals surface area contributed by atoms with Gasteiger partial charge in [-0.3, -0.25) is 14.2 Å². The quantitative estimate of drug-likeness (QED) is 0.360. The van der Waals surface area contributed by atoms with Gasteiger partial charge in [-0.15, -0.1) is 5.10 Å². The molecule has 0 amide bonds. The van der Waals surface area contributed by atoms with Gasteiger partial charge in [0, 0.05) is 6.54 Å². The van der Waals surface area contributed by atoms with E-state index >= 15 is 0 Å². The zero-order valence-corrected chi connectivity index (χ0v) is 17.1. The minimum absolute atomic E-state index is 0.0595. The average molecular weight is 407 g/mol. The molecule has 4 rings (SSSR count). The van der Waals surface area contributed by atoms with E-state index in [0.717, 1.165) is 6.42 Å². The number of rotatable bonds is 6. The van der Waals surface area contributed by atoms with Crippen molar-refractivity contribution in [1.82, 2.24) is 24.5 Å². The Hall–Kier alpha value is -3.00. The largest absolute Gasteiger partial charge is 0.287 e. The molecule has 4 aromatic rings. The molecule has 0 unspecified atom stereocenters. The fourth-order valence-electron chi connectivity index (χ4n) is 3.07. The van der Waals surface area contributed by atoms with Crippen LogP contribution in [0, 0.1) is 5.92 Å². The molecule has 2 heterocycles. The van der Waals surface area contributed by atoms with Crippen LogP contribution in [0.25, 0.3) is 21.8 Å². The van der Waals surface area contributed by atoms with Gasteiger partial charge in [0.1, 0.15) is 5.52 Å². The van der Waals surface area contributed by atoms with Crippen molar-refractivity contribution in [3.8, 4) is 0 Å². The molecule has 2 aromatic heterocycles. The molecular weight excluding hydrogens is 386 g/mol. The summed E-state index contributed by atoms with van der Waals surface area (Å²) < 4.78 is 3.01. The van der Waals surface area contributed by atoms with Crippen molar-refractivity contribution >= 4 is 33.6 Å². The first-order valence-corrected chi connectivity index (χ1v) is 10.5. The van der Waals surface area contributed by atoms with Gasteiger partial charge in [-0.2, -0.15) is 4.68 Å². The van der Waals surface area contributed by atoms with Gasteiger partial charge in [-0.1, -0.05) is 55.1 Å². The predicted octanol–water partition coefficient (Wildman–Crippen LogP) is 3.30. The van der Waals surface area contributed by atoms with Crippen LogP contribution in [0.1, 0.15) is 20.3 Å². The summed E-state index contributed by atoms with van der Waals surface area (Å²) in [6, 6.07) is 14.4. The molecule has 2 aromatic carbocycles. The first-order chi connectivity index (χ1) is 14.0. The third kappa shape index (κ3) is 3.93. The molecule has 0 spiro atoms. The Bertz CT molecular complexity index is 1300. The van der Waals surface area contributed by atoms with Gasteiger partial charge in [-0.05, 0) is 36.6 Å².